The van der Waals surface area contributed by atoms with E-state index in [1.807, 2.05) is 30.6 Å². The summed E-state index contributed by atoms with van der Waals surface area (Å²) < 4.78 is 7.74. The molecule has 0 unspecified atom stereocenters. The highest BCUT2D eigenvalue weighted by Crippen LogP contribution is 2.38. The lowest BCUT2D eigenvalue weighted by molar-refractivity contribution is 0.123. The van der Waals surface area contributed by atoms with Gasteiger partial charge < -0.3 is 9.30 Å². The molecule has 1 heterocycles. The molecule has 0 bridgehead atoms. The van der Waals surface area contributed by atoms with Crippen LogP contribution in [0.5, 0.6) is 0 Å². The molecule has 0 spiro atoms. The van der Waals surface area contributed by atoms with Crippen molar-refractivity contribution in [2.75, 3.05) is 12.9 Å². The summed E-state index contributed by atoms with van der Waals surface area (Å²) in [6.07, 6.45) is 4.32. The Balaban J connectivity index is 1.66. The Labute approximate surface area is 127 Å². The molecule has 6 heteroatoms. The van der Waals surface area contributed by atoms with E-state index in [1.54, 1.807) is 18.9 Å². The molecule has 1 atom stereocenters. The van der Waals surface area contributed by atoms with E-state index in [2.05, 4.69) is 14.8 Å². The fourth-order valence-electron chi connectivity index (χ4n) is 2.07. The molecule has 0 saturated heterocycles. The Morgan fingerprint density at radius 1 is 1.40 bits per heavy atom. The monoisotopic (exact) mass is 309 g/mol. The number of nitrogens with zero attached hydrogens (tertiary/aromatic N) is 3. The molecule has 2 aromatic rings. The van der Waals surface area contributed by atoms with Gasteiger partial charge in [-0.3, -0.25) is 0 Å². The van der Waals surface area contributed by atoms with Crippen molar-refractivity contribution in [3.05, 3.63) is 41.2 Å². The van der Waals surface area contributed by atoms with Crippen molar-refractivity contribution < 1.29 is 4.74 Å². The molecule has 1 aromatic carbocycles. The first-order valence-corrected chi connectivity index (χ1v) is 7.95. The lowest BCUT2D eigenvalue weighted by Gasteiger charge is -2.15. The highest BCUT2D eigenvalue weighted by molar-refractivity contribution is 7.99. The predicted octanol–water partition coefficient (Wildman–Crippen LogP) is 3.75. The van der Waals surface area contributed by atoms with E-state index in [0.717, 1.165) is 21.5 Å². The van der Waals surface area contributed by atoms with Crippen molar-refractivity contribution in [1.82, 2.24) is 14.8 Å². The van der Waals surface area contributed by atoms with Crippen molar-refractivity contribution in [2.24, 2.45) is 0 Å². The van der Waals surface area contributed by atoms with Crippen LogP contribution >= 0.6 is 23.4 Å². The van der Waals surface area contributed by atoms with Gasteiger partial charge in [0.05, 0.1) is 6.10 Å². The first kappa shape index (κ1) is 13.9. The maximum absolute atomic E-state index is 5.91. The normalized spacial score (nSPS) is 16.3. The van der Waals surface area contributed by atoms with Crippen LogP contribution in [0.3, 0.4) is 0 Å². The average Bonchev–Trinajstić information content (AvgIpc) is 3.21. The van der Waals surface area contributed by atoms with Crippen LogP contribution in [0.25, 0.3) is 0 Å². The van der Waals surface area contributed by atoms with E-state index in [4.69, 9.17) is 16.3 Å². The molecule has 0 radical (unpaired) electrons. The van der Waals surface area contributed by atoms with Gasteiger partial charge in [-0.05, 0) is 30.5 Å². The second kappa shape index (κ2) is 6.16. The molecule has 0 N–H and O–H groups in total. The van der Waals surface area contributed by atoms with Crippen molar-refractivity contribution >= 4 is 23.4 Å². The van der Waals surface area contributed by atoms with Crippen LogP contribution in [0.15, 0.2) is 35.7 Å². The number of halogens is 1. The first-order chi connectivity index (χ1) is 9.78. The van der Waals surface area contributed by atoms with Crippen molar-refractivity contribution in [1.29, 1.82) is 0 Å². The van der Waals surface area contributed by atoms with E-state index in [0.29, 0.717) is 6.04 Å². The van der Waals surface area contributed by atoms with Crippen LogP contribution in [0.2, 0.25) is 5.02 Å². The summed E-state index contributed by atoms with van der Waals surface area (Å²) in [6.45, 7) is 0. The number of thioether (sulfide) groups is 1. The van der Waals surface area contributed by atoms with Gasteiger partial charge in [-0.1, -0.05) is 35.5 Å². The van der Waals surface area contributed by atoms with E-state index < -0.39 is 0 Å². The molecule has 0 aliphatic heterocycles. The third-order valence-corrected chi connectivity index (χ3v) is 4.64. The maximum atomic E-state index is 5.91. The van der Waals surface area contributed by atoms with Crippen molar-refractivity contribution in [3.8, 4) is 0 Å². The van der Waals surface area contributed by atoms with Gasteiger partial charge in [-0.25, -0.2) is 0 Å². The Kier molecular flexibility index (Phi) is 4.29. The molecule has 4 nitrogen and oxygen atoms in total. The number of benzene rings is 1. The molecular formula is C14H16ClN3OS. The summed E-state index contributed by atoms with van der Waals surface area (Å²) in [5, 5.41) is 9.91. The number of hydrogen-bond donors (Lipinski definition) is 0. The van der Waals surface area contributed by atoms with Crippen LogP contribution in [0.4, 0.5) is 0 Å². The average molecular weight is 310 g/mol. The zero-order chi connectivity index (χ0) is 13.9. The summed E-state index contributed by atoms with van der Waals surface area (Å²) in [6, 6.07) is 8.38. The van der Waals surface area contributed by atoms with Crippen LogP contribution in [0.1, 0.15) is 30.6 Å². The smallest absolute Gasteiger partial charge is 0.191 e. The molecule has 1 aliphatic rings. The van der Waals surface area contributed by atoms with E-state index >= 15 is 0 Å². The van der Waals surface area contributed by atoms with Gasteiger partial charge in [0.25, 0.3) is 0 Å². The number of methoxy groups -OCH3 is 1. The standard InChI is InChI=1S/C14H16ClN3OS/c1-19-13(10-2-4-11(15)5-3-10)8-20-14-17-16-9-18(14)12-6-7-12/h2-5,9,12-13H,6-8H2,1H3/t13-/m1/s1. The number of aromatic nitrogens is 3. The minimum atomic E-state index is 0.0293. The number of rotatable bonds is 6. The highest BCUT2D eigenvalue weighted by Gasteiger charge is 2.26. The molecule has 20 heavy (non-hydrogen) atoms. The zero-order valence-electron chi connectivity index (χ0n) is 11.2. The maximum Gasteiger partial charge on any atom is 0.191 e. The lowest BCUT2D eigenvalue weighted by Crippen LogP contribution is -2.05. The lowest BCUT2D eigenvalue weighted by atomic mass is 10.1. The fraction of sp³-hybridized carbons (Fsp3) is 0.429. The van der Waals surface area contributed by atoms with Crippen LogP contribution < -0.4 is 0 Å². The second-order valence-electron chi connectivity index (χ2n) is 4.84. The minimum Gasteiger partial charge on any atom is -0.376 e. The molecule has 3 rings (SSSR count). The predicted molar refractivity (Wildman–Crippen MR) is 80.2 cm³/mol. The van der Waals surface area contributed by atoms with Gasteiger partial charge in [0.1, 0.15) is 6.33 Å². The van der Waals surface area contributed by atoms with E-state index in [-0.39, 0.29) is 6.10 Å². The van der Waals surface area contributed by atoms with E-state index in [9.17, 15) is 0 Å². The van der Waals surface area contributed by atoms with Gasteiger partial charge in [0, 0.05) is 23.9 Å². The summed E-state index contributed by atoms with van der Waals surface area (Å²) in [5.74, 6) is 0.809. The van der Waals surface area contributed by atoms with Crippen LogP contribution in [0, 0.1) is 0 Å². The number of hydrogen-bond acceptors (Lipinski definition) is 4. The van der Waals surface area contributed by atoms with Crippen molar-refractivity contribution in [3.63, 3.8) is 0 Å². The Morgan fingerprint density at radius 3 is 2.80 bits per heavy atom. The SMILES string of the molecule is CO[C@H](CSc1nncn1C1CC1)c1ccc(Cl)cc1. The highest BCUT2D eigenvalue weighted by atomic mass is 35.5. The quantitative estimate of drug-likeness (QED) is 0.762. The molecule has 1 saturated carbocycles. The van der Waals surface area contributed by atoms with E-state index in [1.165, 1.54) is 12.8 Å². The van der Waals surface area contributed by atoms with Gasteiger partial charge in [-0.15, -0.1) is 10.2 Å². The first-order valence-electron chi connectivity index (χ1n) is 6.58. The topological polar surface area (TPSA) is 39.9 Å². The Morgan fingerprint density at radius 2 is 2.15 bits per heavy atom. The molecule has 1 aliphatic carbocycles. The Hall–Kier alpha value is -1.04. The minimum absolute atomic E-state index is 0.0293. The molecular weight excluding hydrogens is 294 g/mol. The van der Waals surface area contributed by atoms with Crippen LogP contribution in [-0.2, 0) is 4.74 Å². The van der Waals surface area contributed by atoms with Gasteiger partial charge in [0.2, 0.25) is 0 Å². The van der Waals surface area contributed by atoms with Gasteiger partial charge in [-0.2, -0.15) is 0 Å². The Bertz CT molecular complexity index is 568. The fourth-order valence-corrected chi connectivity index (χ4v) is 3.27. The largest absolute Gasteiger partial charge is 0.376 e. The molecule has 106 valence electrons. The third kappa shape index (κ3) is 3.16. The third-order valence-electron chi connectivity index (χ3n) is 3.37. The second-order valence-corrected chi connectivity index (χ2v) is 6.26. The summed E-state index contributed by atoms with van der Waals surface area (Å²) >= 11 is 7.60. The summed E-state index contributed by atoms with van der Waals surface area (Å²) in [5.41, 5.74) is 1.13. The molecule has 1 aromatic heterocycles. The van der Waals surface area contributed by atoms with Crippen molar-refractivity contribution in [2.45, 2.75) is 30.1 Å². The van der Waals surface area contributed by atoms with Gasteiger partial charge in [0.15, 0.2) is 5.16 Å². The molecule has 0 amide bonds. The van der Waals surface area contributed by atoms with Crippen LogP contribution in [-0.4, -0.2) is 27.6 Å². The van der Waals surface area contributed by atoms with Gasteiger partial charge >= 0.3 is 0 Å². The number of ether oxygens (including phenoxy) is 1. The zero-order valence-corrected chi connectivity index (χ0v) is 12.8. The summed E-state index contributed by atoms with van der Waals surface area (Å²) in [7, 11) is 1.73. The summed E-state index contributed by atoms with van der Waals surface area (Å²) in [4.78, 5) is 0. The molecule has 1 fully saturated rings.